The third-order valence-corrected chi connectivity index (χ3v) is 2.56. The Morgan fingerprint density at radius 2 is 1.90 bits per heavy atom. The zero-order valence-electron chi connectivity index (χ0n) is 10.4. The number of hydrogen-bond donors (Lipinski definition) is 3. The molecule has 0 heterocycles. The Balaban J connectivity index is 3.07. The third-order valence-electron chi connectivity index (χ3n) is 2.56. The number of carbonyl (C=O) groups is 2. The summed E-state index contributed by atoms with van der Waals surface area (Å²) in [4.78, 5) is 22.5. The highest BCUT2D eigenvalue weighted by atomic mass is 19.2. The van der Waals surface area contributed by atoms with Crippen LogP contribution in [0.2, 0.25) is 0 Å². The van der Waals surface area contributed by atoms with E-state index in [1.165, 1.54) is 0 Å². The number of nitrogens with one attached hydrogen (secondary N) is 1. The first-order valence-corrected chi connectivity index (χ1v) is 5.69. The second-order valence-corrected chi connectivity index (χ2v) is 4.04. The van der Waals surface area contributed by atoms with E-state index in [2.05, 4.69) is 0 Å². The number of halogens is 3. The predicted octanol–water partition coefficient (Wildman–Crippen LogP) is 1.79. The Morgan fingerprint density at radius 1 is 1.30 bits per heavy atom. The first-order valence-electron chi connectivity index (χ1n) is 5.69. The largest absolute Gasteiger partial charge is 0.503 e. The Bertz CT molecular complexity index is 548. The van der Waals surface area contributed by atoms with Gasteiger partial charge in [-0.05, 0) is 12.5 Å². The molecule has 1 aromatic carbocycles. The molecule has 5 nitrogen and oxygen atoms in total. The van der Waals surface area contributed by atoms with Crippen molar-refractivity contribution in [3.63, 3.8) is 0 Å². The maximum atomic E-state index is 13.5. The van der Waals surface area contributed by atoms with E-state index in [0.717, 1.165) is 0 Å². The summed E-state index contributed by atoms with van der Waals surface area (Å²) in [5.41, 5.74) is -0.969. The first-order chi connectivity index (χ1) is 9.29. The van der Waals surface area contributed by atoms with Gasteiger partial charge in [-0.1, -0.05) is 13.3 Å². The van der Waals surface area contributed by atoms with Crippen LogP contribution in [0, 0.1) is 17.5 Å². The van der Waals surface area contributed by atoms with Crippen LogP contribution in [0.15, 0.2) is 6.07 Å². The Morgan fingerprint density at radius 3 is 2.40 bits per heavy atom. The van der Waals surface area contributed by atoms with Gasteiger partial charge in [0.15, 0.2) is 17.4 Å². The fourth-order valence-electron chi connectivity index (χ4n) is 1.54. The molecule has 0 aliphatic rings. The first kappa shape index (κ1) is 15.8. The van der Waals surface area contributed by atoms with Crippen LogP contribution in [0.4, 0.5) is 13.2 Å². The van der Waals surface area contributed by atoms with E-state index in [0.29, 0.717) is 6.42 Å². The van der Waals surface area contributed by atoms with Gasteiger partial charge in [0.05, 0.1) is 5.56 Å². The number of aromatic hydroxyl groups is 1. The molecule has 0 aliphatic heterocycles. The molecule has 8 heteroatoms. The number of phenols is 1. The topological polar surface area (TPSA) is 86.6 Å². The zero-order valence-corrected chi connectivity index (χ0v) is 10.4. The van der Waals surface area contributed by atoms with Crippen molar-refractivity contribution in [2.45, 2.75) is 25.8 Å². The number of carboxylic acids is 1. The maximum Gasteiger partial charge on any atom is 0.326 e. The van der Waals surface area contributed by atoms with Crippen molar-refractivity contribution in [1.82, 2.24) is 5.32 Å². The lowest BCUT2D eigenvalue weighted by Gasteiger charge is -2.14. The standard InChI is InChI=1S/C12H12F3NO4/c1-2-3-7(12(19)20)16-11(18)5-4-6(13)9(15)10(17)8(5)14/h4,7,17H,2-3H2,1H3,(H,16,18)(H,19,20)/t7-/m1/s1. The molecular weight excluding hydrogens is 279 g/mol. The summed E-state index contributed by atoms with van der Waals surface area (Å²) >= 11 is 0. The molecule has 1 rings (SSSR count). The molecule has 0 saturated heterocycles. The van der Waals surface area contributed by atoms with Gasteiger partial charge in [-0.2, -0.15) is 4.39 Å². The lowest BCUT2D eigenvalue weighted by atomic mass is 10.1. The van der Waals surface area contributed by atoms with E-state index in [9.17, 15) is 22.8 Å². The molecule has 1 aromatic rings. The molecule has 0 radical (unpaired) electrons. The van der Waals surface area contributed by atoms with Gasteiger partial charge in [-0.3, -0.25) is 4.79 Å². The molecule has 3 N–H and O–H groups in total. The van der Waals surface area contributed by atoms with Crippen LogP contribution in [-0.2, 0) is 4.79 Å². The van der Waals surface area contributed by atoms with E-state index in [1.807, 2.05) is 5.32 Å². The number of aliphatic carboxylic acids is 1. The minimum absolute atomic E-state index is 0.0817. The lowest BCUT2D eigenvalue weighted by Crippen LogP contribution is -2.41. The van der Waals surface area contributed by atoms with Crippen LogP contribution >= 0.6 is 0 Å². The van der Waals surface area contributed by atoms with Gasteiger partial charge in [-0.25, -0.2) is 13.6 Å². The smallest absolute Gasteiger partial charge is 0.326 e. The number of phenolic OH excluding ortho intramolecular Hbond substituents is 1. The average molecular weight is 291 g/mol. The molecule has 110 valence electrons. The molecule has 0 aromatic heterocycles. The second kappa shape index (κ2) is 6.27. The maximum absolute atomic E-state index is 13.5. The normalized spacial score (nSPS) is 12.0. The van der Waals surface area contributed by atoms with Crippen molar-refractivity contribution in [3.8, 4) is 5.75 Å². The van der Waals surface area contributed by atoms with Gasteiger partial charge >= 0.3 is 5.97 Å². The molecule has 0 bridgehead atoms. The Labute approximate surface area is 112 Å². The predicted molar refractivity (Wildman–Crippen MR) is 61.8 cm³/mol. The summed E-state index contributed by atoms with van der Waals surface area (Å²) in [6, 6.07) is -1.04. The van der Waals surface area contributed by atoms with Crippen LogP contribution in [0.3, 0.4) is 0 Å². The number of carboxylic acid groups (broad SMARTS) is 1. The van der Waals surface area contributed by atoms with E-state index in [-0.39, 0.29) is 12.5 Å². The van der Waals surface area contributed by atoms with Crippen LogP contribution in [0.1, 0.15) is 30.1 Å². The van der Waals surface area contributed by atoms with Crippen molar-refractivity contribution in [2.24, 2.45) is 0 Å². The molecule has 0 fully saturated rings. The summed E-state index contributed by atoms with van der Waals surface area (Å²) in [6.45, 7) is 1.67. The Kier molecular flexibility index (Phi) is 4.95. The Hall–Kier alpha value is -2.25. The highest BCUT2D eigenvalue weighted by Gasteiger charge is 2.25. The molecule has 0 saturated carbocycles. The number of hydrogen-bond acceptors (Lipinski definition) is 3. The second-order valence-electron chi connectivity index (χ2n) is 4.04. The number of rotatable bonds is 5. The molecule has 0 unspecified atom stereocenters. The van der Waals surface area contributed by atoms with Gasteiger partial charge in [0.25, 0.3) is 5.91 Å². The van der Waals surface area contributed by atoms with Crippen molar-refractivity contribution in [2.75, 3.05) is 0 Å². The lowest BCUT2D eigenvalue weighted by molar-refractivity contribution is -0.139. The quantitative estimate of drug-likeness (QED) is 0.722. The SMILES string of the molecule is CCC[C@@H](NC(=O)c1cc(F)c(F)c(O)c1F)C(=O)O. The molecular formula is C12H12F3NO4. The third kappa shape index (κ3) is 3.19. The number of benzene rings is 1. The fraction of sp³-hybridized carbons (Fsp3) is 0.333. The van der Waals surface area contributed by atoms with E-state index in [4.69, 9.17) is 10.2 Å². The van der Waals surface area contributed by atoms with Crippen molar-refractivity contribution >= 4 is 11.9 Å². The molecule has 1 atom stereocenters. The zero-order chi connectivity index (χ0) is 15.4. The molecule has 20 heavy (non-hydrogen) atoms. The van der Waals surface area contributed by atoms with Gasteiger partial charge in [0.2, 0.25) is 5.82 Å². The van der Waals surface area contributed by atoms with Gasteiger partial charge in [0, 0.05) is 0 Å². The number of carbonyl (C=O) groups excluding carboxylic acids is 1. The fourth-order valence-corrected chi connectivity index (χ4v) is 1.54. The minimum Gasteiger partial charge on any atom is -0.503 e. The number of amides is 1. The van der Waals surface area contributed by atoms with Gasteiger partial charge in [-0.15, -0.1) is 0 Å². The van der Waals surface area contributed by atoms with Crippen LogP contribution in [0.25, 0.3) is 0 Å². The van der Waals surface area contributed by atoms with Gasteiger partial charge < -0.3 is 15.5 Å². The highest BCUT2D eigenvalue weighted by Crippen LogP contribution is 2.25. The van der Waals surface area contributed by atoms with Crippen LogP contribution in [0.5, 0.6) is 5.75 Å². The van der Waals surface area contributed by atoms with Gasteiger partial charge in [0.1, 0.15) is 6.04 Å². The van der Waals surface area contributed by atoms with Crippen molar-refractivity contribution in [3.05, 3.63) is 29.1 Å². The molecule has 0 spiro atoms. The average Bonchev–Trinajstić information content (AvgIpc) is 2.39. The van der Waals surface area contributed by atoms with E-state index in [1.54, 1.807) is 6.92 Å². The van der Waals surface area contributed by atoms with Crippen LogP contribution in [-0.4, -0.2) is 28.1 Å². The minimum atomic E-state index is -1.82. The summed E-state index contributed by atoms with van der Waals surface area (Å²) in [5, 5.41) is 19.8. The molecule has 0 aliphatic carbocycles. The van der Waals surface area contributed by atoms with E-state index >= 15 is 0 Å². The van der Waals surface area contributed by atoms with Crippen molar-refractivity contribution < 1.29 is 33.0 Å². The summed E-state index contributed by atoms with van der Waals surface area (Å²) < 4.78 is 39.3. The van der Waals surface area contributed by atoms with Crippen LogP contribution < -0.4 is 5.32 Å². The summed E-state index contributed by atoms with van der Waals surface area (Å²) in [6.07, 6.45) is 0.515. The highest BCUT2D eigenvalue weighted by molar-refractivity contribution is 5.97. The monoisotopic (exact) mass is 291 g/mol. The molecule has 1 amide bonds. The summed E-state index contributed by atoms with van der Waals surface area (Å²) in [7, 11) is 0. The summed E-state index contributed by atoms with van der Waals surface area (Å²) in [5.74, 6) is -9.30. The van der Waals surface area contributed by atoms with E-state index < -0.39 is 46.7 Å². The van der Waals surface area contributed by atoms with Crippen molar-refractivity contribution in [1.29, 1.82) is 0 Å².